The number of hydrogen-bond donors (Lipinski definition) is 1. The molecule has 3 aromatic carbocycles. The molecular weight excluding hydrogens is 615 g/mol. The molecular formula is C33H27N3O5S3. The number of hydrogen-bond acceptors (Lipinski definition) is 10. The summed E-state index contributed by atoms with van der Waals surface area (Å²) in [7, 11) is 1.53. The molecule has 44 heavy (non-hydrogen) atoms. The van der Waals surface area contributed by atoms with Crippen molar-refractivity contribution in [3.8, 4) is 11.5 Å². The van der Waals surface area contributed by atoms with E-state index in [4.69, 9.17) is 9.47 Å². The average molecular weight is 642 g/mol. The summed E-state index contributed by atoms with van der Waals surface area (Å²) in [5.74, 6) is -0.155. The first-order chi connectivity index (χ1) is 21.4. The van der Waals surface area contributed by atoms with Crippen molar-refractivity contribution in [3.63, 3.8) is 0 Å². The minimum atomic E-state index is -0.961. The number of amides is 1. The Morgan fingerprint density at radius 1 is 0.977 bits per heavy atom. The summed E-state index contributed by atoms with van der Waals surface area (Å²) in [6, 6.07) is 25.7. The van der Waals surface area contributed by atoms with Gasteiger partial charge in [-0.15, -0.1) is 21.5 Å². The van der Waals surface area contributed by atoms with Crippen molar-refractivity contribution >= 4 is 51.3 Å². The van der Waals surface area contributed by atoms with Crippen LogP contribution in [0.5, 0.6) is 11.5 Å². The number of methoxy groups -OCH3 is 1. The average Bonchev–Trinajstić information content (AvgIpc) is 3.81. The summed E-state index contributed by atoms with van der Waals surface area (Å²) >= 11 is 3.98. The second-order valence-electron chi connectivity index (χ2n) is 9.96. The van der Waals surface area contributed by atoms with Crippen LogP contribution in [0.1, 0.15) is 38.0 Å². The highest BCUT2D eigenvalue weighted by molar-refractivity contribution is 8.00. The third kappa shape index (κ3) is 6.12. The highest BCUT2D eigenvalue weighted by Gasteiger charge is 2.46. The van der Waals surface area contributed by atoms with Gasteiger partial charge in [0.05, 0.1) is 23.6 Å². The van der Waals surface area contributed by atoms with Crippen LogP contribution in [-0.4, -0.2) is 34.1 Å². The zero-order valence-electron chi connectivity index (χ0n) is 23.8. The number of nitrogens with zero attached hydrogens (tertiary/aromatic N) is 3. The van der Waals surface area contributed by atoms with Crippen molar-refractivity contribution in [2.45, 2.75) is 29.7 Å². The van der Waals surface area contributed by atoms with Crippen LogP contribution in [0.15, 0.2) is 106 Å². The number of aromatic nitrogens is 2. The molecule has 6 rings (SSSR count). The summed E-state index contributed by atoms with van der Waals surface area (Å²) in [5.41, 5.74) is 3.84. The number of aliphatic hydroxyl groups is 1. The predicted molar refractivity (Wildman–Crippen MR) is 173 cm³/mol. The van der Waals surface area contributed by atoms with E-state index in [0.29, 0.717) is 38.6 Å². The number of carbonyl (C=O) groups is 2. The zero-order valence-corrected chi connectivity index (χ0v) is 26.2. The summed E-state index contributed by atoms with van der Waals surface area (Å²) in [6.07, 6.45) is 0. The van der Waals surface area contributed by atoms with Crippen LogP contribution < -0.4 is 14.4 Å². The second kappa shape index (κ2) is 13.0. The van der Waals surface area contributed by atoms with Crippen molar-refractivity contribution in [2.24, 2.45) is 0 Å². The normalized spacial score (nSPS) is 14.7. The molecule has 0 bridgehead atoms. The van der Waals surface area contributed by atoms with E-state index < -0.39 is 23.5 Å². The molecule has 0 spiro atoms. The van der Waals surface area contributed by atoms with E-state index in [2.05, 4.69) is 34.5 Å². The topological polar surface area (TPSA) is 102 Å². The molecule has 222 valence electrons. The second-order valence-corrected chi connectivity index (χ2v) is 13.1. The summed E-state index contributed by atoms with van der Waals surface area (Å²) in [5, 5.41) is 21.8. The Balaban J connectivity index is 1.33. The number of ether oxygens (including phenoxy) is 2. The Bertz CT molecular complexity index is 1820. The highest BCUT2D eigenvalue weighted by Crippen LogP contribution is 2.45. The van der Waals surface area contributed by atoms with E-state index in [-0.39, 0.29) is 10.7 Å². The van der Waals surface area contributed by atoms with Crippen molar-refractivity contribution in [1.82, 2.24) is 10.2 Å². The van der Waals surface area contributed by atoms with E-state index in [0.717, 1.165) is 11.1 Å². The lowest BCUT2D eigenvalue weighted by molar-refractivity contribution is -0.117. The fourth-order valence-electron chi connectivity index (χ4n) is 4.79. The van der Waals surface area contributed by atoms with Crippen molar-refractivity contribution in [1.29, 1.82) is 0 Å². The third-order valence-corrected chi connectivity index (χ3v) is 10.0. The zero-order chi connectivity index (χ0) is 30.6. The molecule has 1 aliphatic rings. The number of thioether (sulfide) groups is 1. The van der Waals surface area contributed by atoms with Gasteiger partial charge < -0.3 is 14.6 Å². The molecule has 2 aromatic heterocycles. The summed E-state index contributed by atoms with van der Waals surface area (Å²) in [6.45, 7) is 2.38. The van der Waals surface area contributed by atoms with Crippen LogP contribution >= 0.6 is 34.4 Å². The highest BCUT2D eigenvalue weighted by atomic mass is 32.2. The monoisotopic (exact) mass is 641 g/mol. The number of aliphatic hydroxyl groups excluding tert-OH is 1. The van der Waals surface area contributed by atoms with Gasteiger partial charge in [0.2, 0.25) is 10.9 Å². The minimum absolute atomic E-state index is 0.0264. The van der Waals surface area contributed by atoms with Crippen LogP contribution in [0.2, 0.25) is 0 Å². The number of carbonyl (C=O) groups excluding carboxylic acids is 2. The molecule has 11 heteroatoms. The number of thiophene rings is 1. The molecule has 0 fully saturated rings. The number of benzene rings is 3. The lowest BCUT2D eigenvalue weighted by atomic mass is 9.95. The summed E-state index contributed by atoms with van der Waals surface area (Å²) < 4.78 is 12.4. The van der Waals surface area contributed by atoms with Gasteiger partial charge in [-0.05, 0) is 47.2 Å². The van der Waals surface area contributed by atoms with Gasteiger partial charge in [0.1, 0.15) is 6.61 Å². The van der Waals surface area contributed by atoms with E-state index in [1.165, 1.54) is 52.0 Å². The minimum Gasteiger partial charge on any atom is -0.503 e. The van der Waals surface area contributed by atoms with Gasteiger partial charge in [-0.3, -0.25) is 14.5 Å². The van der Waals surface area contributed by atoms with Crippen molar-refractivity contribution in [2.75, 3.05) is 12.0 Å². The molecule has 0 radical (unpaired) electrons. The van der Waals surface area contributed by atoms with Crippen LogP contribution in [0.4, 0.5) is 5.13 Å². The molecule has 1 amide bonds. The number of ketones is 1. The number of aryl methyl sites for hydroxylation is 1. The van der Waals surface area contributed by atoms with Crippen LogP contribution in [-0.2, 0) is 17.2 Å². The Morgan fingerprint density at radius 2 is 1.77 bits per heavy atom. The predicted octanol–water partition coefficient (Wildman–Crippen LogP) is 7.57. The third-order valence-electron chi connectivity index (χ3n) is 7.02. The van der Waals surface area contributed by atoms with Gasteiger partial charge in [-0.25, -0.2) is 0 Å². The molecule has 1 N–H and O–H groups in total. The first kappa shape index (κ1) is 29.6. The Hall–Kier alpha value is -4.45. The van der Waals surface area contributed by atoms with E-state index in [1.54, 1.807) is 35.7 Å². The fraction of sp³-hybridized carbons (Fsp3) is 0.152. The van der Waals surface area contributed by atoms with E-state index in [9.17, 15) is 14.7 Å². The fourth-order valence-corrected chi connectivity index (χ4v) is 7.29. The Labute approximate surface area is 266 Å². The van der Waals surface area contributed by atoms with Crippen LogP contribution in [0.25, 0.3) is 0 Å². The Morgan fingerprint density at radius 3 is 2.50 bits per heavy atom. The maximum atomic E-state index is 13.7. The van der Waals surface area contributed by atoms with E-state index in [1.807, 2.05) is 37.3 Å². The molecule has 1 aliphatic heterocycles. The molecule has 5 aromatic rings. The quantitative estimate of drug-likeness (QED) is 0.0895. The van der Waals surface area contributed by atoms with Crippen molar-refractivity contribution < 1.29 is 24.2 Å². The first-order valence-corrected chi connectivity index (χ1v) is 16.3. The lowest BCUT2D eigenvalue weighted by Crippen LogP contribution is -2.31. The van der Waals surface area contributed by atoms with Crippen LogP contribution in [0, 0.1) is 6.92 Å². The van der Waals surface area contributed by atoms with Crippen molar-refractivity contribution in [3.05, 3.63) is 129 Å². The number of anilines is 1. The molecule has 8 nitrogen and oxygen atoms in total. The van der Waals surface area contributed by atoms with Gasteiger partial charge in [0.15, 0.2) is 21.6 Å². The SMILES string of the molecule is COc1cc(C2C(C(=O)c3cccs3)=C(O)C(=O)N2c2nnc(SCc3ccc(C)cc3)s2)ccc1OCc1ccccc1. The van der Waals surface area contributed by atoms with Gasteiger partial charge in [-0.1, -0.05) is 95.4 Å². The van der Waals surface area contributed by atoms with E-state index >= 15 is 0 Å². The number of Topliss-reactive ketones (excluding diaryl/α,β-unsaturated/α-hetero) is 1. The standard InChI is InChI=1S/C33H27N3O5S3/c1-20-10-12-22(13-11-20)19-43-33-35-34-32(44-33)36-28(27(30(38)31(36)39)29(37)26-9-6-16-42-26)23-14-15-24(25(17-23)40-2)41-18-21-7-4-3-5-8-21/h3-17,28,38H,18-19H2,1-2H3. The van der Waals surface area contributed by atoms with Gasteiger partial charge in [0.25, 0.3) is 5.91 Å². The molecule has 0 saturated heterocycles. The molecule has 0 aliphatic carbocycles. The van der Waals surface area contributed by atoms with Gasteiger partial charge >= 0.3 is 0 Å². The molecule has 3 heterocycles. The maximum absolute atomic E-state index is 13.7. The lowest BCUT2D eigenvalue weighted by Gasteiger charge is -2.24. The molecule has 1 unspecified atom stereocenters. The Kier molecular flexibility index (Phi) is 8.78. The van der Waals surface area contributed by atoms with Crippen LogP contribution in [0.3, 0.4) is 0 Å². The smallest absolute Gasteiger partial charge is 0.296 e. The number of rotatable bonds is 11. The largest absolute Gasteiger partial charge is 0.503 e. The first-order valence-electron chi connectivity index (χ1n) is 13.6. The molecule has 1 atom stereocenters. The maximum Gasteiger partial charge on any atom is 0.296 e. The van der Waals surface area contributed by atoms with Gasteiger partial charge in [0, 0.05) is 5.75 Å². The van der Waals surface area contributed by atoms with Gasteiger partial charge in [-0.2, -0.15) is 0 Å². The summed E-state index contributed by atoms with van der Waals surface area (Å²) in [4.78, 5) is 29.1. The molecule has 0 saturated carbocycles.